The third kappa shape index (κ3) is 68.4. The molecule has 0 rings (SSSR count). The molecule has 552 valence electrons. The Balaban J connectivity index is 5.24. The molecule has 5 atom stereocenters. The zero-order valence-electron chi connectivity index (χ0n) is 60.9. The summed E-state index contributed by atoms with van der Waals surface area (Å²) in [7, 11) is -9.91. The summed E-state index contributed by atoms with van der Waals surface area (Å²) >= 11 is 0. The smallest absolute Gasteiger partial charge is 0.462 e. The molecule has 0 amide bonds. The zero-order valence-corrected chi connectivity index (χ0v) is 62.7. The molecule has 0 spiro atoms. The minimum absolute atomic E-state index is 0.104. The predicted molar refractivity (Wildman–Crippen MR) is 377 cm³/mol. The average Bonchev–Trinajstić information content (AvgIpc) is 1.69. The molecular formula is C74H144O17P2. The number of hydrogen-bond acceptors (Lipinski definition) is 15. The molecule has 0 aromatic rings. The highest BCUT2D eigenvalue weighted by molar-refractivity contribution is 7.47. The minimum Gasteiger partial charge on any atom is -0.462 e. The van der Waals surface area contributed by atoms with Gasteiger partial charge in [0.25, 0.3) is 0 Å². The Morgan fingerprint density at radius 3 is 0.667 bits per heavy atom. The Morgan fingerprint density at radius 2 is 0.452 bits per heavy atom. The number of phosphoric acid groups is 2. The second kappa shape index (κ2) is 63.5. The maximum absolute atomic E-state index is 13.1. The van der Waals surface area contributed by atoms with Crippen molar-refractivity contribution in [2.45, 2.75) is 388 Å². The quantitative estimate of drug-likeness (QED) is 0.0222. The molecule has 3 N–H and O–H groups in total. The summed E-state index contributed by atoms with van der Waals surface area (Å²) in [5.41, 5.74) is 0. The van der Waals surface area contributed by atoms with E-state index in [1.54, 1.807) is 0 Å². The molecule has 0 saturated carbocycles. The van der Waals surface area contributed by atoms with Gasteiger partial charge in [0.1, 0.15) is 19.3 Å². The summed E-state index contributed by atoms with van der Waals surface area (Å²) in [6.07, 6.45) is 47.3. The summed E-state index contributed by atoms with van der Waals surface area (Å²) in [6.45, 7) is 14.1. The Kier molecular flexibility index (Phi) is 62.2. The third-order valence-corrected chi connectivity index (χ3v) is 19.0. The first-order valence-electron chi connectivity index (χ1n) is 38.2. The molecule has 17 nitrogen and oxygen atoms in total. The number of carbonyl (C=O) groups excluding carboxylic acids is 4. The monoisotopic (exact) mass is 1370 g/mol. The number of aliphatic hydroxyl groups excluding tert-OH is 1. The van der Waals surface area contributed by atoms with Gasteiger partial charge in [0.2, 0.25) is 0 Å². The second-order valence-corrected chi connectivity index (χ2v) is 31.5. The van der Waals surface area contributed by atoms with Crippen LogP contribution in [0.15, 0.2) is 0 Å². The topological polar surface area (TPSA) is 237 Å². The molecule has 0 aliphatic rings. The molecule has 0 heterocycles. The lowest BCUT2D eigenvalue weighted by Crippen LogP contribution is -2.30. The Bertz CT molecular complexity index is 1830. The van der Waals surface area contributed by atoms with Gasteiger partial charge in [-0.3, -0.25) is 37.3 Å². The van der Waals surface area contributed by atoms with Gasteiger partial charge in [-0.25, -0.2) is 9.13 Å². The van der Waals surface area contributed by atoms with E-state index in [0.717, 1.165) is 114 Å². The van der Waals surface area contributed by atoms with E-state index in [4.69, 9.17) is 37.0 Å². The van der Waals surface area contributed by atoms with Crippen molar-refractivity contribution in [2.24, 2.45) is 23.7 Å². The van der Waals surface area contributed by atoms with Crippen LogP contribution >= 0.6 is 15.6 Å². The molecule has 0 bridgehead atoms. The van der Waals surface area contributed by atoms with Crippen molar-refractivity contribution in [3.63, 3.8) is 0 Å². The summed E-state index contributed by atoms with van der Waals surface area (Å²) in [4.78, 5) is 72.7. The van der Waals surface area contributed by atoms with E-state index in [0.29, 0.717) is 25.7 Å². The van der Waals surface area contributed by atoms with E-state index in [-0.39, 0.29) is 25.7 Å². The molecule has 0 aliphatic carbocycles. The normalized spacial score (nSPS) is 14.2. The van der Waals surface area contributed by atoms with Gasteiger partial charge in [-0.2, -0.15) is 0 Å². The molecule has 0 aliphatic heterocycles. The third-order valence-electron chi connectivity index (χ3n) is 17.1. The highest BCUT2D eigenvalue weighted by Gasteiger charge is 2.30. The van der Waals surface area contributed by atoms with Crippen LogP contribution in [0.3, 0.4) is 0 Å². The van der Waals surface area contributed by atoms with Gasteiger partial charge in [0, 0.05) is 25.7 Å². The van der Waals surface area contributed by atoms with Crippen molar-refractivity contribution < 1.29 is 80.2 Å². The lowest BCUT2D eigenvalue weighted by Gasteiger charge is -2.21. The predicted octanol–water partition coefficient (Wildman–Crippen LogP) is 21.3. The number of aliphatic hydroxyl groups is 1. The first-order valence-corrected chi connectivity index (χ1v) is 41.2. The Hall–Kier alpha value is -1.94. The fraction of sp³-hybridized carbons (Fsp3) is 0.946. The van der Waals surface area contributed by atoms with Crippen molar-refractivity contribution in [3.05, 3.63) is 0 Å². The van der Waals surface area contributed by atoms with Crippen LogP contribution in [-0.2, 0) is 65.4 Å². The standard InChI is InChI=1S/C74H144O17P2/c1-64(2)50-42-34-26-18-14-11-9-10-12-16-20-30-38-46-54-71(76)84-60-69(90-73(78)56-48-40-32-21-17-13-15-19-27-35-43-51-65(3)4)62-88-92(80,81)86-58-68(75)59-87-93(82,83)89-63-70(91-74(79)57-49-41-33-25-23-29-37-45-53-67(7)8)61-85-72(77)55-47-39-31-24-22-28-36-44-52-66(5)6/h64-70,75H,9-63H2,1-8H3,(H,80,81)(H,82,83)/t68?,69-,70-/m1/s1. The molecule has 0 fully saturated rings. The second-order valence-electron chi connectivity index (χ2n) is 28.6. The number of phosphoric ester groups is 2. The van der Waals surface area contributed by atoms with Crippen molar-refractivity contribution >= 4 is 39.5 Å². The number of rotatable bonds is 71. The molecule has 0 aromatic heterocycles. The van der Waals surface area contributed by atoms with Crippen molar-refractivity contribution in [2.75, 3.05) is 39.6 Å². The van der Waals surface area contributed by atoms with Crippen LogP contribution in [0.5, 0.6) is 0 Å². The van der Waals surface area contributed by atoms with Crippen LogP contribution in [-0.4, -0.2) is 96.7 Å². The first-order chi connectivity index (χ1) is 44.6. The van der Waals surface area contributed by atoms with E-state index in [1.165, 1.54) is 173 Å². The number of hydrogen-bond donors (Lipinski definition) is 3. The molecule has 0 aromatic carbocycles. The van der Waals surface area contributed by atoms with Crippen molar-refractivity contribution in [3.8, 4) is 0 Å². The van der Waals surface area contributed by atoms with Crippen LogP contribution in [0, 0.1) is 23.7 Å². The number of unbranched alkanes of at least 4 members (excludes halogenated alkanes) is 37. The van der Waals surface area contributed by atoms with E-state index in [2.05, 4.69) is 55.4 Å². The van der Waals surface area contributed by atoms with Gasteiger partial charge < -0.3 is 33.8 Å². The maximum Gasteiger partial charge on any atom is 0.472 e. The number of esters is 4. The summed E-state index contributed by atoms with van der Waals surface area (Å²) in [6, 6.07) is 0. The summed E-state index contributed by atoms with van der Waals surface area (Å²) in [5.74, 6) is 0.884. The van der Waals surface area contributed by atoms with Gasteiger partial charge in [-0.05, 0) is 49.4 Å². The zero-order chi connectivity index (χ0) is 68.9. The lowest BCUT2D eigenvalue weighted by atomic mass is 10.0. The van der Waals surface area contributed by atoms with E-state index in [9.17, 15) is 43.2 Å². The largest absolute Gasteiger partial charge is 0.472 e. The van der Waals surface area contributed by atoms with Gasteiger partial charge in [0.15, 0.2) is 12.2 Å². The van der Waals surface area contributed by atoms with E-state index >= 15 is 0 Å². The lowest BCUT2D eigenvalue weighted by molar-refractivity contribution is -0.161. The van der Waals surface area contributed by atoms with Gasteiger partial charge in [-0.15, -0.1) is 0 Å². The van der Waals surface area contributed by atoms with Crippen LogP contribution in [0.4, 0.5) is 0 Å². The molecule has 93 heavy (non-hydrogen) atoms. The Labute approximate surface area is 568 Å². The molecule has 0 saturated heterocycles. The highest BCUT2D eigenvalue weighted by Crippen LogP contribution is 2.45. The fourth-order valence-corrected chi connectivity index (χ4v) is 12.8. The fourth-order valence-electron chi connectivity index (χ4n) is 11.2. The minimum atomic E-state index is -4.96. The van der Waals surface area contributed by atoms with Crippen molar-refractivity contribution in [1.29, 1.82) is 0 Å². The summed E-state index contributed by atoms with van der Waals surface area (Å²) in [5, 5.41) is 10.6. The number of carbonyl (C=O) groups is 4. The average molecular weight is 1370 g/mol. The van der Waals surface area contributed by atoms with Gasteiger partial charge in [0.05, 0.1) is 26.4 Å². The molecule has 19 heteroatoms. The van der Waals surface area contributed by atoms with Crippen LogP contribution < -0.4 is 0 Å². The van der Waals surface area contributed by atoms with Gasteiger partial charge >= 0.3 is 39.5 Å². The SMILES string of the molecule is CC(C)CCCCCCCCCCCCCCCCC(=O)OC[C@H](COP(=O)(O)OCC(O)COP(=O)(O)OC[C@@H](COC(=O)CCCCCCCCCCC(C)C)OC(=O)CCCCCCCCCCC(C)C)OC(=O)CCCCCCCCCCCCCC(C)C. The van der Waals surface area contributed by atoms with Gasteiger partial charge in [-0.1, -0.05) is 319 Å². The van der Waals surface area contributed by atoms with Crippen LogP contribution in [0.25, 0.3) is 0 Å². The first kappa shape index (κ1) is 91.1. The van der Waals surface area contributed by atoms with Crippen LogP contribution in [0.2, 0.25) is 0 Å². The Morgan fingerprint density at radius 1 is 0.269 bits per heavy atom. The highest BCUT2D eigenvalue weighted by atomic mass is 31.2. The number of ether oxygens (including phenoxy) is 4. The van der Waals surface area contributed by atoms with Crippen LogP contribution in [0.1, 0.15) is 370 Å². The maximum atomic E-state index is 13.1. The van der Waals surface area contributed by atoms with Crippen molar-refractivity contribution in [1.82, 2.24) is 0 Å². The summed E-state index contributed by atoms with van der Waals surface area (Å²) < 4.78 is 68.4. The molecular weight excluding hydrogens is 1220 g/mol. The molecule has 0 radical (unpaired) electrons. The van der Waals surface area contributed by atoms with E-state index < -0.39 is 97.5 Å². The molecule has 3 unspecified atom stereocenters. The van der Waals surface area contributed by atoms with E-state index in [1.807, 2.05) is 0 Å².